The number of non-ortho nitro benzene ring substituents is 1. The van der Waals surface area contributed by atoms with Crippen molar-refractivity contribution in [2.75, 3.05) is 37.0 Å². The van der Waals surface area contributed by atoms with Crippen molar-refractivity contribution in [3.05, 3.63) is 89.0 Å². The van der Waals surface area contributed by atoms with Crippen LogP contribution in [0.25, 0.3) is 10.8 Å². The topological polar surface area (TPSA) is 83.6 Å². The summed E-state index contributed by atoms with van der Waals surface area (Å²) < 4.78 is 6.42. The van der Waals surface area contributed by atoms with E-state index in [2.05, 4.69) is 53.2 Å². The Morgan fingerprint density at radius 2 is 1.56 bits per heavy atom. The summed E-state index contributed by atoms with van der Waals surface area (Å²) in [6.45, 7) is 6.19. The smallest absolute Gasteiger partial charge is 0.269 e. The minimum absolute atomic E-state index is 0.00779. The minimum atomic E-state index is -0.442. The van der Waals surface area contributed by atoms with Gasteiger partial charge < -0.3 is 14.5 Å². The summed E-state index contributed by atoms with van der Waals surface area (Å²) in [7, 11) is 3.92. The molecule has 184 valence electrons. The SMILES string of the molecule is CCN(CC)c1ccc2c(Oc3cc(N(C)C)ccc3/N=N/c3ccc([N+](=O)[O-])cc3)cccc2c1. The molecular weight excluding hydrogens is 454 g/mol. The number of ether oxygens (including phenoxy) is 1. The van der Waals surface area contributed by atoms with Gasteiger partial charge in [0.15, 0.2) is 5.75 Å². The van der Waals surface area contributed by atoms with Crippen molar-refractivity contribution in [2.45, 2.75) is 13.8 Å². The van der Waals surface area contributed by atoms with Gasteiger partial charge in [0, 0.05) is 62.1 Å². The van der Waals surface area contributed by atoms with Gasteiger partial charge in [-0.05, 0) is 67.8 Å². The molecule has 0 aromatic heterocycles. The highest BCUT2D eigenvalue weighted by atomic mass is 16.6. The van der Waals surface area contributed by atoms with Crippen molar-refractivity contribution in [2.24, 2.45) is 10.2 Å². The van der Waals surface area contributed by atoms with Crippen LogP contribution in [0.15, 0.2) is 89.1 Å². The fourth-order valence-corrected chi connectivity index (χ4v) is 3.93. The van der Waals surface area contributed by atoms with Crippen LogP contribution >= 0.6 is 0 Å². The van der Waals surface area contributed by atoms with E-state index in [0.29, 0.717) is 17.1 Å². The van der Waals surface area contributed by atoms with E-state index < -0.39 is 4.92 Å². The number of fused-ring (bicyclic) bond motifs is 1. The monoisotopic (exact) mass is 483 g/mol. The van der Waals surface area contributed by atoms with Gasteiger partial charge in [-0.1, -0.05) is 12.1 Å². The molecule has 0 amide bonds. The van der Waals surface area contributed by atoms with Crippen molar-refractivity contribution in [3.63, 3.8) is 0 Å². The maximum Gasteiger partial charge on any atom is 0.269 e. The normalized spacial score (nSPS) is 11.1. The summed E-state index contributed by atoms with van der Waals surface area (Å²) in [6.07, 6.45) is 0. The number of nitrogens with zero attached hydrogens (tertiary/aromatic N) is 5. The standard InChI is InChI=1S/C28H29N5O3/c1-5-32(6-2)24-14-16-25-20(18-24)8-7-9-27(25)36-28-19-23(31(3)4)15-17-26(28)30-29-21-10-12-22(13-11-21)33(34)35/h7-19H,5-6H2,1-4H3/b30-29+. The molecule has 0 atom stereocenters. The highest BCUT2D eigenvalue weighted by molar-refractivity contribution is 5.91. The summed E-state index contributed by atoms with van der Waals surface area (Å²) in [4.78, 5) is 14.8. The van der Waals surface area contributed by atoms with E-state index in [0.717, 1.165) is 35.3 Å². The van der Waals surface area contributed by atoms with Crippen LogP contribution in [0, 0.1) is 10.1 Å². The predicted octanol–water partition coefficient (Wildman–Crippen LogP) is 7.87. The number of nitro groups is 1. The van der Waals surface area contributed by atoms with Gasteiger partial charge in [-0.25, -0.2) is 0 Å². The lowest BCUT2D eigenvalue weighted by Gasteiger charge is -2.21. The van der Waals surface area contributed by atoms with E-state index in [4.69, 9.17) is 4.74 Å². The molecular formula is C28H29N5O3. The number of azo groups is 1. The molecule has 4 aromatic rings. The summed E-state index contributed by atoms with van der Waals surface area (Å²) in [5, 5.41) is 21.7. The number of nitro benzene ring substituents is 1. The molecule has 4 aromatic carbocycles. The lowest BCUT2D eigenvalue weighted by molar-refractivity contribution is -0.384. The van der Waals surface area contributed by atoms with E-state index in [9.17, 15) is 10.1 Å². The van der Waals surface area contributed by atoms with Gasteiger partial charge in [-0.15, -0.1) is 5.11 Å². The highest BCUT2D eigenvalue weighted by Crippen LogP contribution is 2.39. The predicted molar refractivity (Wildman–Crippen MR) is 146 cm³/mol. The third kappa shape index (κ3) is 5.43. The Bertz CT molecular complexity index is 1400. The third-order valence-electron chi connectivity index (χ3n) is 5.97. The minimum Gasteiger partial charge on any atom is -0.454 e. The van der Waals surface area contributed by atoms with Gasteiger partial charge in [0.1, 0.15) is 11.4 Å². The van der Waals surface area contributed by atoms with Crippen LogP contribution in [0.2, 0.25) is 0 Å². The van der Waals surface area contributed by atoms with E-state index in [1.165, 1.54) is 17.8 Å². The molecule has 0 spiro atoms. The molecule has 0 fully saturated rings. The lowest BCUT2D eigenvalue weighted by Crippen LogP contribution is -2.21. The number of hydrogen-bond acceptors (Lipinski definition) is 7. The Morgan fingerprint density at radius 1 is 0.833 bits per heavy atom. The Kier molecular flexibility index (Phi) is 7.44. The Morgan fingerprint density at radius 3 is 2.22 bits per heavy atom. The van der Waals surface area contributed by atoms with Crippen LogP contribution in [-0.2, 0) is 0 Å². The fraction of sp³-hybridized carbons (Fsp3) is 0.214. The van der Waals surface area contributed by atoms with E-state index in [-0.39, 0.29) is 5.69 Å². The summed E-state index contributed by atoms with van der Waals surface area (Å²) in [5.41, 5.74) is 3.21. The van der Waals surface area contributed by atoms with Gasteiger partial charge in [-0.3, -0.25) is 10.1 Å². The average molecular weight is 484 g/mol. The second-order valence-electron chi connectivity index (χ2n) is 8.46. The average Bonchev–Trinajstić information content (AvgIpc) is 2.89. The lowest BCUT2D eigenvalue weighted by atomic mass is 10.1. The first-order chi connectivity index (χ1) is 17.4. The number of hydrogen-bond donors (Lipinski definition) is 0. The zero-order valence-corrected chi connectivity index (χ0v) is 20.9. The summed E-state index contributed by atoms with van der Waals surface area (Å²) in [5.74, 6) is 1.29. The van der Waals surface area contributed by atoms with Crippen molar-refractivity contribution in [1.29, 1.82) is 0 Å². The molecule has 0 N–H and O–H groups in total. The quantitative estimate of drug-likeness (QED) is 0.137. The maximum atomic E-state index is 10.9. The molecule has 0 bridgehead atoms. The van der Waals surface area contributed by atoms with Gasteiger partial charge in [0.25, 0.3) is 5.69 Å². The first kappa shape index (κ1) is 24.7. The van der Waals surface area contributed by atoms with Crippen molar-refractivity contribution in [3.8, 4) is 11.5 Å². The molecule has 8 heteroatoms. The van der Waals surface area contributed by atoms with Gasteiger partial charge >= 0.3 is 0 Å². The first-order valence-corrected chi connectivity index (χ1v) is 11.8. The molecule has 36 heavy (non-hydrogen) atoms. The molecule has 0 aliphatic heterocycles. The second-order valence-corrected chi connectivity index (χ2v) is 8.46. The van der Waals surface area contributed by atoms with Crippen molar-refractivity contribution >= 4 is 39.2 Å². The maximum absolute atomic E-state index is 10.9. The summed E-state index contributed by atoms with van der Waals surface area (Å²) >= 11 is 0. The largest absolute Gasteiger partial charge is 0.454 e. The van der Waals surface area contributed by atoms with Crippen molar-refractivity contribution in [1.82, 2.24) is 0 Å². The summed E-state index contributed by atoms with van der Waals surface area (Å²) in [6, 6.07) is 24.1. The van der Waals surface area contributed by atoms with Gasteiger partial charge in [0.05, 0.1) is 10.6 Å². The van der Waals surface area contributed by atoms with Crippen molar-refractivity contribution < 1.29 is 9.66 Å². The molecule has 4 rings (SSSR count). The van der Waals surface area contributed by atoms with Gasteiger partial charge in [0.2, 0.25) is 0 Å². The van der Waals surface area contributed by atoms with Crippen LogP contribution in [-0.4, -0.2) is 32.1 Å². The molecule has 0 aliphatic rings. The fourth-order valence-electron chi connectivity index (χ4n) is 3.93. The van der Waals surface area contributed by atoms with Gasteiger partial charge in [-0.2, -0.15) is 5.11 Å². The van der Waals surface area contributed by atoms with Crippen LogP contribution in [0.3, 0.4) is 0 Å². The molecule has 0 radical (unpaired) electrons. The van der Waals surface area contributed by atoms with Crippen LogP contribution in [0.4, 0.5) is 28.4 Å². The number of rotatable bonds is 9. The van der Waals surface area contributed by atoms with E-state index >= 15 is 0 Å². The molecule has 0 unspecified atom stereocenters. The molecule has 0 heterocycles. The molecule has 0 saturated heterocycles. The number of anilines is 2. The first-order valence-electron chi connectivity index (χ1n) is 11.8. The Balaban J connectivity index is 1.70. The second kappa shape index (κ2) is 10.9. The van der Waals surface area contributed by atoms with E-state index in [1.54, 1.807) is 12.1 Å². The Hall–Kier alpha value is -4.46. The Labute approximate surface area is 210 Å². The number of benzene rings is 4. The molecule has 0 aliphatic carbocycles. The zero-order chi connectivity index (χ0) is 25.7. The molecule has 8 nitrogen and oxygen atoms in total. The zero-order valence-electron chi connectivity index (χ0n) is 20.9. The van der Waals surface area contributed by atoms with Crippen LogP contribution in [0.5, 0.6) is 11.5 Å². The highest BCUT2D eigenvalue weighted by Gasteiger charge is 2.12. The van der Waals surface area contributed by atoms with E-state index in [1.807, 2.05) is 49.3 Å². The molecule has 0 saturated carbocycles. The van der Waals surface area contributed by atoms with Crippen LogP contribution in [0.1, 0.15) is 13.8 Å². The van der Waals surface area contributed by atoms with Crippen LogP contribution < -0.4 is 14.5 Å². The third-order valence-corrected chi connectivity index (χ3v) is 5.97.